The fourth-order valence-electron chi connectivity index (χ4n) is 0.877. The van der Waals surface area contributed by atoms with Gasteiger partial charge in [0.2, 0.25) is 10.0 Å². The minimum atomic E-state index is -3.09. The second-order valence-corrected chi connectivity index (χ2v) is 5.58. The quantitative estimate of drug-likeness (QED) is 0.430. The Labute approximate surface area is 89.7 Å². The highest BCUT2D eigenvalue weighted by Gasteiger charge is 2.21. The summed E-state index contributed by atoms with van der Waals surface area (Å²) < 4.78 is 23.7. The van der Waals surface area contributed by atoms with Gasteiger partial charge in [-0.25, -0.2) is 13.1 Å². The van der Waals surface area contributed by atoms with E-state index in [4.69, 9.17) is 12.2 Å². The number of rotatable bonds is 5. The topological polar surface area (TPSA) is 70.2 Å². The van der Waals surface area contributed by atoms with Crippen LogP contribution in [0.5, 0.6) is 0 Å². The van der Waals surface area contributed by atoms with Crippen LogP contribution in [0.25, 0.3) is 0 Å². The van der Waals surface area contributed by atoms with Crippen molar-refractivity contribution in [3.8, 4) is 0 Å². The van der Waals surface area contributed by atoms with Crippen molar-refractivity contribution >= 4 is 27.4 Å². The van der Waals surface area contributed by atoms with Gasteiger partial charge in [0, 0.05) is 19.1 Å². The Morgan fingerprint density at radius 2 is 2.07 bits per heavy atom. The Kier molecular flexibility index (Phi) is 4.09. The van der Waals surface area contributed by atoms with E-state index in [2.05, 4.69) is 15.4 Å². The molecule has 1 aliphatic carbocycles. The molecular weight excluding hydrogens is 222 g/mol. The second kappa shape index (κ2) is 4.90. The van der Waals surface area contributed by atoms with Gasteiger partial charge in [-0.15, -0.1) is 0 Å². The molecule has 82 valence electrons. The van der Waals surface area contributed by atoms with Crippen LogP contribution in [0.4, 0.5) is 0 Å². The molecule has 0 atom stereocenters. The molecule has 0 amide bonds. The van der Waals surface area contributed by atoms with Crippen molar-refractivity contribution < 1.29 is 8.42 Å². The van der Waals surface area contributed by atoms with Gasteiger partial charge in [-0.1, -0.05) is 0 Å². The number of thiocarbonyl (C=S) groups is 1. The van der Waals surface area contributed by atoms with Crippen LogP contribution in [-0.2, 0) is 10.0 Å². The predicted molar refractivity (Wildman–Crippen MR) is 59.6 cm³/mol. The maximum absolute atomic E-state index is 10.7. The van der Waals surface area contributed by atoms with Crippen molar-refractivity contribution in [1.82, 2.24) is 15.4 Å². The van der Waals surface area contributed by atoms with Crippen LogP contribution in [0, 0.1) is 0 Å². The third kappa shape index (κ3) is 6.11. The summed E-state index contributed by atoms with van der Waals surface area (Å²) in [5, 5.41) is 6.61. The van der Waals surface area contributed by atoms with Crippen molar-refractivity contribution in [1.29, 1.82) is 0 Å². The van der Waals surface area contributed by atoms with Crippen molar-refractivity contribution in [2.75, 3.05) is 19.3 Å². The van der Waals surface area contributed by atoms with Gasteiger partial charge in [-0.05, 0) is 25.1 Å². The van der Waals surface area contributed by atoms with Gasteiger partial charge >= 0.3 is 0 Å². The standard InChI is InChI=1S/C7H15N3O2S2/c1-14(11,12)9-5-4-8-7(13)10-6-2-3-6/h6,9H,2-5H2,1H3,(H2,8,10,13). The molecule has 0 saturated heterocycles. The molecule has 1 fully saturated rings. The van der Waals surface area contributed by atoms with Crippen molar-refractivity contribution in [3.63, 3.8) is 0 Å². The Hall–Kier alpha value is -0.400. The summed E-state index contributed by atoms with van der Waals surface area (Å²) >= 11 is 4.98. The molecule has 0 aliphatic heterocycles. The summed E-state index contributed by atoms with van der Waals surface area (Å²) in [4.78, 5) is 0. The highest BCUT2D eigenvalue weighted by molar-refractivity contribution is 7.88. The van der Waals surface area contributed by atoms with E-state index in [-0.39, 0.29) is 0 Å². The summed E-state index contributed by atoms with van der Waals surface area (Å²) in [7, 11) is -3.09. The van der Waals surface area contributed by atoms with Crippen LogP contribution in [0.2, 0.25) is 0 Å². The molecule has 0 heterocycles. The third-order valence-corrected chi connectivity index (χ3v) is 2.68. The highest BCUT2D eigenvalue weighted by Crippen LogP contribution is 2.18. The van der Waals surface area contributed by atoms with Gasteiger partial charge in [0.05, 0.1) is 6.26 Å². The van der Waals surface area contributed by atoms with E-state index < -0.39 is 10.0 Å². The number of hydrogen-bond acceptors (Lipinski definition) is 3. The van der Waals surface area contributed by atoms with Gasteiger partial charge < -0.3 is 10.6 Å². The molecule has 5 nitrogen and oxygen atoms in total. The minimum Gasteiger partial charge on any atom is -0.361 e. The van der Waals surface area contributed by atoms with Gasteiger partial charge in [0.25, 0.3) is 0 Å². The summed E-state index contributed by atoms with van der Waals surface area (Å²) in [6.45, 7) is 0.858. The molecule has 0 spiro atoms. The van der Waals surface area contributed by atoms with Crippen LogP contribution in [0.3, 0.4) is 0 Å². The molecule has 0 aromatic carbocycles. The van der Waals surface area contributed by atoms with Gasteiger partial charge in [-0.2, -0.15) is 0 Å². The first-order valence-corrected chi connectivity index (χ1v) is 6.76. The van der Waals surface area contributed by atoms with Gasteiger partial charge in [0.15, 0.2) is 5.11 Å². The smallest absolute Gasteiger partial charge is 0.208 e. The lowest BCUT2D eigenvalue weighted by Crippen LogP contribution is -2.40. The molecule has 0 unspecified atom stereocenters. The van der Waals surface area contributed by atoms with Gasteiger partial charge in [0.1, 0.15) is 0 Å². The first kappa shape index (κ1) is 11.7. The predicted octanol–water partition coefficient (Wildman–Crippen LogP) is -0.838. The van der Waals surface area contributed by atoms with E-state index in [1.165, 1.54) is 12.8 Å². The van der Waals surface area contributed by atoms with E-state index >= 15 is 0 Å². The molecule has 0 aromatic heterocycles. The largest absolute Gasteiger partial charge is 0.361 e. The van der Waals surface area contributed by atoms with Gasteiger partial charge in [-0.3, -0.25) is 0 Å². The van der Waals surface area contributed by atoms with E-state index in [1.807, 2.05) is 0 Å². The Bertz CT molecular complexity index is 298. The van der Waals surface area contributed by atoms with E-state index in [1.54, 1.807) is 0 Å². The first-order valence-electron chi connectivity index (χ1n) is 4.46. The lowest BCUT2D eigenvalue weighted by Gasteiger charge is -2.09. The van der Waals surface area contributed by atoms with Crippen LogP contribution in [0.1, 0.15) is 12.8 Å². The lowest BCUT2D eigenvalue weighted by atomic mass is 10.6. The minimum absolute atomic E-state index is 0.352. The molecular formula is C7H15N3O2S2. The zero-order valence-corrected chi connectivity index (χ0v) is 9.67. The first-order chi connectivity index (χ1) is 6.47. The highest BCUT2D eigenvalue weighted by atomic mass is 32.2. The Balaban J connectivity index is 2.00. The fraction of sp³-hybridized carbons (Fsp3) is 0.857. The second-order valence-electron chi connectivity index (χ2n) is 3.34. The normalized spacial score (nSPS) is 16.4. The summed E-state index contributed by atoms with van der Waals surface area (Å²) in [5.41, 5.74) is 0. The van der Waals surface area contributed by atoms with E-state index in [0.29, 0.717) is 24.2 Å². The number of nitrogens with one attached hydrogen (secondary N) is 3. The lowest BCUT2D eigenvalue weighted by molar-refractivity contribution is 0.587. The maximum Gasteiger partial charge on any atom is 0.208 e. The third-order valence-electron chi connectivity index (χ3n) is 1.69. The van der Waals surface area contributed by atoms with Crippen LogP contribution < -0.4 is 15.4 Å². The SMILES string of the molecule is CS(=O)(=O)NCCNC(=S)NC1CC1. The number of hydrogen-bond donors (Lipinski definition) is 3. The summed E-state index contributed by atoms with van der Waals surface area (Å²) in [6, 6.07) is 0.526. The molecule has 3 N–H and O–H groups in total. The number of sulfonamides is 1. The molecule has 7 heteroatoms. The zero-order valence-electron chi connectivity index (χ0n) is 8.04. The molecule has 1 rings (SSSR count). The van der Waals surface area contributed by atoms with Crippen molar-refractivity contribution in [2.24, 2.45) is 0 Å². The zero-order chi connectivity index (χ0) is 10.6. The van der Waals surface area contributed by atoms with Crippen LogP contribution in [0.15, 0.2) is 0 Å². The average Bonchev–Trinajstić information content (AvgIpc) is 2.80. The average molecular weight is 237 g/mol. The summed E-state index contributed by atoms with van der Waals surface area (Å²) in [5.74, 6) is 0. The van der Waals surface area contributed by atoms with E-state index in [0.717, 1.165) is 6.26 Å². The van der Waals surface area contributed by atoms with Crippen molar-refractivity contribution in [2.45, 2.75) is 18.9 Å². The Morgan fingerprint density at radius 3 is 2.57 bits per heavy atom. The van der Waals surface area contributed by atoms with Crippen LogP contribution in [-0.4, -0.2) is 38.9 Å². The molecule has 0 bridgehead atoms. The molecule has 1 saturated carbocycles. The van der Waals surface area contributed by atoms with Crippen molar-refractivity contribution in [3.05, 3.63) is 0 Å². The fourth-order valence-corrected chi connectivity index (χ4v) is 1.62. The Morgan fingerprint density at radius 1 is 1.43 bits per heavy atom. The molecule has 1 aliphatic rings. The van der Waals surface area contributed by atoms with Crippen LogP contribution >= 0.6 is 12.2 Å². The maximum atomic E-state index is 10.7. The molecule has 0 radical (unpaired) electrons. The monoisotopic (exact) mass is 237 g/mol. The molecule has 14 heavy (non-hydrogen) atoms. The summed E-state index contributed by atoms with van der Waals surface area (Å²) in [6.07, 6.45) is 3.47. The molecule has 0 aromatic rings. The van der Waals surface area contributed by atoms with E-state index in [9.17, 15) is 8.42 Å².